The molecule has 1 aliphatic rings. The van der Waals surface area contributed by atoms with Gasteiger partial charge in [0, 0.05) is 36.1 Å². The Kier molecular flexibility index (Phi) is 3.51. The van der Waals surface area contributed by atoms with Crippen LogP contribution < -0.4 is 16.4 Å². The quantitative estimate of drug-likeness (QED) is 0.547. The fourth-order valence-electron chi connectivity index (χ4n) is 2.17. The predicted octanol–water partition coefficient (Wildman–Crippen LogP) is -0.168. The normalized spacial score (nSPS) is 21.8. The van der Waals surface area contributed by atoms with Crippen LogP contribution >= 0.6 is 0 Å². The van der Waals surface area contributed by atoms with Gasteiger partial charge in [0.1, 0.15) is 6.10 Å². The van der Waals surface area contributed by atoms with Crippen LogP contribution in [-0.2, 0) is 0 Å². The number of benzene rings is 1. The molecule has 0 aromatic heterocycles. The van der Waals surface area contributed by atoms with Gasteiger partial charge in [0.05, 0.1) is 6.61 Å². The molecule has 5 heteroatoms. The summed E-state index contributed by atoms with van der Waals surface area (Å²) in [7, 11) is 0. The van der Waals surface area contributed by atoms with Gasteiger partial charge >= 0.3 is 0 Å². The van der Waals surface area contributed by atoms with Crippen LogP contribution in [-0.4, -0.2) is 36.0 Å². The molecule has 0 saturated carbocycles. The molecule has 17 heavy (non-hydrogen) atoms. The smallest absolute Gasteiger partial charge is 0.104 e. The number of nitrogens with two attached hydrogens (primary N) is 2. The maximum Gasteiger partial charge on any atom is 0.104 e. The highest BCUT2D eigenvalue weighted by Crippen LogP contribution is 2.27. The Hall–Kier alpha value is -1.30. The topological polar surface area (TPSA) is 95.7 Å². The zero-order valence-electron chi connectivity index (χ0n) is 9.71. The summed E-state index contributed by atoms with van der Waals surface area (Å²) in [5, 5.41) is 18.6. The summed E-state index contributed by atoms with van der Waals surface area (Å²) in [6, 6.07) is 5.71. The van der Waals surface area contributed by atoms with Gasteiger partial charge in [-0.05, 0) is 24.6 Å². The van der Waals surface area contributed by atoms with E-state index >= 15 is 0 Å². The maximum atomic E-state index is 9.66. The molecule has 2 rings (SSSR count). The van der Waals surface area contributed by atoms with Gasteiger partial charge < -0.3 is 26.6 Å². The Labute approximate surface area is 101 Å². The number of rotatable bonds is 3. The lowest BCUT2D eigenvalue weighted by atomic mass is 10.1. The number of aliphatic hydroxyl groups is 2. The summed E-state index contributed by atoms with van der Waals surface area (Å²) < 4.78 is 0. The second-order valence-electron chi connectivity index (χ2n) is 4.51. The molecule has 0 aliphatic carbocycles. The Bertz CT molecular complexity index is 397. The fraction of sp³-hybridized carbons (Fsp3) is 0.500. The van der Waals surface area contributed by atoms with Gasteiger partial charge in [0.15, 0.2) is 0 Å². The Morgan fingerprint density at radius 2 is 2.24 bits per heavy atom. The molecule has 5 nitrogen and oxygen atoms in total. The van der Waals surface area contributed by atoms with E-state index in [4.69, 9.17) is 16.6 Å². The molecule has 2 unspecified atom stereocenters. The summed E-state index contributed by atoms with van der Waals surface area (Å²) in [5.74, 6) is 0. The largest absolute Gasteiger partial charge is 0.398 e. The van der Waals surface area contributed by atoms with Crippen LogP contribution in [0.15, 0.2) is 18.2 Å². The molecule has 1 aromatic rings. The van der Waals surface area contributed by atoms with Crippen molar-refractivity contribution in [2.45, 2.75) is 18.6 Å². The first-order valence-corrected chi connectivity index (χ1v) is 5.80. The van der Waals surface area contributed by atoms with Gasteiger partial charge in [0.25, 0.3) is 0 Å². The minimum atomic E-state index is -0.925. The van der Waals surface area contributed by atoms with Gasteiger partial charge in [-0.25, -0.2) is 0 Å². The van der Waals surface area contributed by atoms with Crippen LogP contribution in [0.2, 0.25) is 0 Å². The average Bonchev–Trinajstić information content (AvgIpc) is 2.75. The molecule has 1 aromatic carbocycles. The van der Waals surface area contributed by atoms with Crippen LogP contribution in [0.25, 0.3) is 0 Å². The van der Waals surface area contributed by atoms with Crippen LogP contribution in [0.4, 0.5) is 11.4 Å². The number of aliphatic hydroxyl groups excluding tert-OH is 2. The Morgan fingerprint density at radius 1 is 1.47 bits per heavy atom. The fourth-order valence-corrected chi connectivity index (χ4v) is 2.17. The minimum absolute atomic E-state index is 0.207. The van der Waals surface area contributed by atoms with Crippen molar-refractivity contribution in [3.05, 3.63) is 23.8 Å². The summed E-state index contributed by atoms with van der Waals surface area (Å²) >= 11 is 0. The minimum Gasteiger partial charge on any atom is -0.398 e. The van der Waals surface area contributed by atoms with E-state index in [-0.39, 0.29) is 12.6 Å². The lowest BCUT2D eigenvalue weighted by Gasteiger charge is -2.20. The molecule has 0 amide bonds. The molecule has 1 aliphatic heterocycles. The van der Waals surface area contributed by atoms with Crippen molar-refractivity contribution in [3.8, 4) is 0 Å². The average molecular weight is 237 g/mol. The molecular weight excluding hydrogens is 218 g/mol. The van der Waals surface area contributed by atoms with E-state index in [2.05, 4.69) is 4.90 Å². The third-order valence-electron chi connectivity index (χ3n) is 3.19. The zero-order valence-corrected chi connectivity index (χ0v) is 9.71. The second kappa shape index (κ2) is 4.91. The number of nitrogen functional groups attached to an aromatic ring is 1. The first-order valence-electron chi connectivity index (χ1n) is 5.80. The second-order valence-corrected chi connectivity index (χ2v) is 4.51. The highest BCUT2D eigenvalue weighted by molar-refractivity contribution is 5.59. The first kappa shape index (κ1) is 12.2. The highest BCUT2D eigenvalue weighted by Gasteiger charge is 2.20. The van der Waals surface area contributed by atoms with Crippen molar-refractivity contribution in [3.63, 3.8) is 0 Å². The van der Waals surface area contributed by atoms with Gasteiger partial charge in [0.2, 0.25) is 0 Å². The number of anilines is 2. The van der Waals surface area contributed by atoms with E-state index in [1.807, 2.05) is 12.1 Å². The van der Waals surface area contributed by atoms with E-state index < -0.39 is 6.10 Å². The van der Waals surface area contributed by atoms with E-state index in [0.717, 1.165) is 25.2 Å². The molecule has 94 valence electrons. The highest BCUT2D eigenvalue weighted by atomic mass is 16.3. The van der Waals surface area contributed by atoms with Crippen molar-refractivity contribution < 1.29 is 10.2 Å². The molecule has 2 atom stereocenters. The van der Waals surface area contributed by atoms with E-state index in [1.165, 1.54) is 0 Å². The molecular formula is C12H19N3O2. The van der Waals surface area contributed by atoms with Crippen molar-refractivity contribution in [1.82, 2.24) is 0 Å². The van der Waals surface area contributed by atoms with Crippen LogP contribution in [0.5, 0.6) is 0 Å². The van der Waals surface area contributed by atoms with E-state index in [1.54, 1.807) is 6.07 Å². The Morgan fingerprint density at radius 3 is 2.82 bits per heavy atom. The monoisotopic (exact) mass is 237 g/mol. The van der Waals surface area contributed by atoms with Crippen LogP contribution in [0.3, 0.4) is 0 Å². The Balaban J connectivity index is 2.24. The lowest BCUT2D eigenvalue weighted by Crippen LogP contribution is -2.26. The molecule has 0 radical (unpaired) electrons. The molecule has 0 bridgehead atoms. The number of hydrogen-bond acceptors (Lipinski definition) is 5. The van der Waals surface area contributed by atoms with Crippen molar-refractivity contribution in [2.75, 3.05) is 30.3 Å². The van der Waals surface area contributed by atoms with Crippen molar-refractivity contribution in [2.24, 2.45) is 5.73 Å². The van der Waals surface area contributed by atoms with E-state index in [0.29, 0.717) is 11.3 Å². The summed E-state index contributed by atoms with van der Waals surface area (Å²) in [4.78, 5) is 2.16. The summed E-state index contributed by atoms with van der Waals surface area (Å²) in [6.07, 6.45) is 0.0497. The van der Waals surface area contributed by atoms with Gasteiger partial charge in [-0.1, -0.05) is 0 Å². The predicted molar refractivity (Wildman–Crippen MR) is 67.7 cm³/mol. The number of nitrogens with zero attached hydrogens (tertiary/aromatic N) is 1. The third kappa shape index (κ3) is 2.52. The summed E-state index contributed by atoms with van der Waals surface area (Å²) in [6.45, 7) is 1.41. The molecule has 1 saturated heterocycles. The molecule has 1 fully saturated rings. The zero-order chi connectivity index (χ0) is 12.4. The van der Waals surface area contributed by atoms with Crippen LogP contribution in [0.1, 0.15) is 18.1 Å². The molecule has 1 heterocycles. The van der Waals surface area contributed by atoms with Gasteiger partial charge in [-0.15, -0.1) is 0 Å². The van der Waals surface area contributed by atoms with Gasteiger partial charge in [-0.3, -0.25) is 0 Å². The molecule has 6 N–H and O–H groups in total. The number of hydrogen-bond donors (Lipinski definition) is 4. The van der Waals surface area contributed by atoms with Crippen molar-refractivity contribution >= 4 is 11.4 Å². The third-order valence-corrected chi connectivity index (χ3v) is 3.19. The van der Waals surface area contributed by atoms with Crippen molar-refractivity contribution in [1.29, 1.82) is 0 Å². The first-order chi connectivity index (χ1) is 8.11. The van der Waals surface area contributed by atoms with Crippen LogP contribution in [0, 0.1) is 0 Å². The molecule has 0 spiro atoms. The lowest BCUT2D eigenvalue weighted by molar-refractivity contribution is 0.0962. The standard InChI is InChI=1S/C12H19N3O2/c13-8-3-4-15(6-8)9-1-2-11(14)10(5-9)12(17)7-16/h1-2,5,8,12,16-17H,3-4,6-7,13-14H2. The maximum absolute atomic E-state index is 9.66. The van der Waals surface area contributed by atoms with Gasteiger partial charge in [-0.2, -0.15) is 0 Å². The summed E-state index contributed by atoms with van der Waals surface area (Å²) in [5.41, 5.74) is 13.7. The SMILES string of the molecule is Nc1ccc(N2CCC(N)C2)cc1C(O)CO. The van der Waals surface area contributed by atoms with E-state index in [9.17, 15) is 5.11 Å².